The average molecular weight is 483 g/mol. The quantitative estimate of drug-likeness (QED) is 0.213. The molecule has 0 spiro atoms. The summed E-state index contributed by atoms with van der Waals surface area (Å²) < 4.78 is 33.1. The van der Waals surface area contributed by atoms with E-state index < -0.39 is 15.9 Å². The van der Waals surface area contributed by atoms with Crippen molar-refractivity contribution in [3.8, 4) is 0 Å². The Hall–Kier alpha value is -3.21. The molecule has 8 nitrogen and oxygen atoms in total. The molecule has 0 bridgehead atoms. The van der Waals surface area contributed by atoms with Crippen LogP contribution in [0.1, 0.15) is 21.7 Å². The van der Waals surface area contributed by atoms with E-state index in [4.69, 9.17) is 4.42 Å². The molecule has 4 rings (SSSR count). The van der Waals surface area contributed by atoms with Gasteiger partial charge in [0, 0.05) is 42.2 Å². The zero-order chi connectivity index (χ0) is 23.3. The van der Waals surface area contributed by atoms with E-state index in [9.17, 15) is 13.2 Å². The Morgan fingerprint density at radius 1 is 1.00 bits per heavy atom. The molecule has 2 aromatic heterocycles. The second-order valence-electron chi connectivity index (χ2n) is 7.19. The largest absolute Gasteiger partial charge is 0.451 e. The predicted octanol–water partition coefficient (Wildman–Crippen LogP) is 3.53. The van der Waals surface area contributed by atoms with E-state index in [1.165, 1.54) is 11.8 Å². The molecule has 2 aromatic carbocycles. The van der Waals surface area contributed by atoms with Gasteiger partial charge in [-0.25, -0.2) is 23.1 Å². The summed E-state index contributed by atoms with van der Waals surface area (Å²) in [6, 6.07) is 15.7. The van der Waals surface area contributed by atoms with Crippen LogP contribution in [0.25, 0.3) is 11.0 Å². The van der Waals surface area contributed by atoms with Crippen molar-refractivity contribution in [2.45, 2.75) is 22.7 Å². The standard InChI is InChI=1S/C23H22N4O4S2/c1-16-7-9-17(10-8-16)33(29,30)27-14-13-24-22(28)21-19(15-32-23-25-11-4-12-26-23)18-5-2-3-6-20(18)31-21/h2-12,27H,13-15H2,1H3,(H,24,28). The number of hydrogen-bond donors (Lipinski definition) is 2. The minimum absolute atomic E-state index is 0.0458. The molecule has 0 aliphatic carbocycles. The highest BCUT2D eigenvalue weighted by Gasteiger charge is 2.21. The van der Waals surface area contributed by atoms with E-state index in [1.54, 1.807) is 48.8 Å². The minimum atomic E-state index is -3.65. The number of furan rings is 1. The van der Waals surface area contributed by atoms with E-state index in [0.717, 1.165) is 16.5 Å². The van der Waals surface area contributed by atoms with Crippen molar-refractivity contribution in [3.05, 3.63) is 83.9 Å². The summed E-state index contributed by atoms with van der Waals surface area (Å²) in [6.45, 7) is 2.04. The molecule has 4 aromatic rings. The molecule has 0 unspecified atom stereocenters. The molecule has 10 heteroatoms. The second kappa shape index (κ2) is 10.2. The fourth-order valence-corrected chi connectivity index (χ4v) is 5.03. The molecule has 33 heavy (non-hydrogen) atoms. The number of thioether (sulfide) groups is 1. The van der Waals surface area contributed by atoms with Gasteiger partial charge in [-0.1, -0.05) is 47.7 Å². The number of carbonyl (C=O) groups is 1. The van der Waals surface area contributed by atoms with Crippen molar-refractivity contribution in [1.82, 2.24) is 20.0 Å². The molecule has 0 aliphatic heterocycles. The molecule has 170 valence electrons. The molecule has 1 amide bonds. The number of nitrogens with one attached hydrogen (secondary N) is 2. The lowest BCUT2D eigenvalue weighted by Gasteiger charge is -2.08. The predicted molar refractivity (Wildman–Crippen MR) is 127 cm³/mol. The van der Waals surface area contributed by atoms with Crippen LogP contribution in [0.15, 0.2) is 81.5 Å². The Bertz CT molecular complexity index is 1350. The zero-order valence-electron chi connectivity index (χ0n) is 17.8. The molecular formula is C23H22N4O4S2. The first-order chi connectivity index (χ1) is 15.9. The number of carbonyl (C=O) groups excluding carboxylic acids is 1. The highest BCUT2D eigenvalue weighted by Crippen LogP contribution is 2.30. The van der Waals surface area contributed by atoms with Crippen molar-refractivity contribution in [2.24, 2.45) is 0 Å². The van der Waals surface area contributed by atoms with Gasteiger partial charge in [-0.3, -0.25) is 4.79 Å². The fraction of sp³-hybridized carbons (Fsp3) is 0.174. The SMILES string of the molecule is Cc1ccc(S(=O)(=O)NCCNC(=O)c2oc3ccccc3c2CSc2ncccn2)cc1. The number of rotatable bonds is 9. The van der Waals surface area contributed by atoms with E-state index in [0.29, 0.717) is 16.5 Å². The van der Waals surface area contributed by atoms with Crippen molar-refractivity contribution in [1.29, 1.82) is 0 Å². The van der Waals surface area contributed by atoms with Crippen molar-refractivity contribution in [3.63, 3.8) is 0 Å². The van der Waals surface area contributed by atoms with Gasteiger partial charge in [0.2, 0.25) is 10.0 Å². The molecule has 0 atom stereocenters. The lowest BCUT2D eigenvalue weighted by Crippen LogP contribution is -2.34. The van der Waals surface area contributed by atoms with Crippen LogP contribution >= 0.6 is 11.8 Å². The van der Waals surface area contributed by atoms with Gasteiger partial charge in [0.15, 0.2) is 10.9 Å². The van der Waals surface area contributed by atoms with E-state index >= 15 is 0 Å². The summed E-state index contributed by atoms with van der Waals surface area (Å²) in [4.78, 5) is 21.4. The van der Waals surface area contributed by atoms with Gasteiger partial charge in [0.1, 0.15) is 5.58 Å². The fourth-order valence-electron chi connectivity index (χ4n) is 3.16. The van der Waals surface area contributed by atoms with Gasteiger partial charge in [0.25, 0.3) is 5.91 Å². The number of benzene rings is 2. The Balaban J connectivity index is 1.42. The first-order valence-electron chi connectivity index (χ1n) is 10.2. The average Bonchev–Trinajstić information content (AvgIpc) is 3.20. The maximum Gasteiger partial charge on any atom is 0.287 e. The highest BCUT2D eigenvalue weighted by atomic mass is 32.2. The summed E-state index contributed by atoms with van der Waals surface area (Å²) >= 11 is 1.40. The number of fused-ring (bicyclic) bond motifs is 1. The summed E-state index contributed by atoms with van der Waals surface area (Å²) in [5.74, 6) is 0.232. The summed E-state index contributed by atoms with van der Waals surface area (Å²) in [5, 5.41) is 4.17. The van der Waals surface area contributed by atoms with Gasteiger partial charge in [-0.2, -0.15) is 0 Å². The van der Waals surface area contributed by atoms with Crippen LogP contribution < -0.4 is 10.0 Å². The summed E-state index contributed by atoms with van der Waals surface area (Å²) in [6.07, 6.45) is 3.32. The van der Waals surface area contributed by atoms with Crippen molar-refractivity contribution >= 4 is 38.7 Å². The monoisotopic (exact) mass is 482 g/mol. The molecule has 0 saturated heterocycles. The Kier molecular flexibility index (Phi) is 7.07. The van der Waals surface area contributed by atoms with E-state index in [1.807, 2.05) is 25.1 Å². The highest BCUT2D eigenvalue weighted by molar-refractivity contribution is 7.98. The third-order valence-corrected chi connectivity index (χ3v) is 7.21. The molecule has 0 saturated carbocycles. The second-order valence-corrected chi connectivity index (χ2v) is 9.90. The number of nitrogens with zero attached hydrogens (tertiary/aromatic N) is 2. The van der Waals surface area contributed by atoms with Crippen LogP contribution in [0.2, 0.25) is 0 Å². The lowest BCUT2D eigenvalue weighted by atomic mass is 10.1. The Morgan fingerprint density at radius 2 is 1.73 bits per heavy atom. The van der Waals surface area contributed by atoms with Crippen LogP contribution in [0.4, 0.5) is 0 Å². The van der Waals surface area contributed by atoms with E-state index in [-0.39, 0.29) is 23.7 Å². The van der Waals surface area contributed by atoms with Crippen molar-refractivity contribution < 1.29 is 17.6 Å². The van der Waals surface area contributed by atoms with Crippen molar-refractivity contribution in [2.75, 3.05) is 13.1 Å². The normalized spacial score (nSPS) is 11.5. The zero-order valence-corrected chi connectivity index (χ0v) is 19.4. The van der Waals surface area contributed by atoms with Gasteiger partial charge in [0.05, 0.1) is 4.90 Å². The minimum Gasteiger partial charge on any atom is -0.451 e. The van der Waals surface area contributed by atoms with Crippen LogP contribution in [0.3, 0.4) is 0 Å². The molecule has 0 fully saturated rings. The topological polar surface area (TPSA) is 114 Å². The first-order valence-corrected chi connectivity index (χ1v) is 12.7. The summed E-state index contributed by atoms with van der Waals surface area (Å²) in [5.41, 5.74) is 2.31. The number of aromatic nitrogens is 2. The number of para-hydroxylation sites is 1. The maximum absolute atomic E-state index is 12.9. The maximum atomic E-state index is 12.9. The van der Waals surface area contributed by atoms with Crippen LogP contribution in [0, 0.1) is 6.92 Å². The molecule has 2 heterocycles. The van der Waals surface area contributed by atoms with Crippen LogP contribution in [0.5, 0.6) is 0 Å². The molecule has 2 N–H and O–H groups in total. The number of sulfonamides is 1. The molecule has 0 aliphatic rings. The Morgan fingerprint density at radius 3 is 2.48 bits per heavy atom. The van der Waals surface area contributed by atoms with Crippen LogP contribution in [-0.4, -0.2) is 37.4 Å². The van der Waals surface area contributed by atoms with E-state index in [2.05, 4.69) is 20.0 Å². The third-order valence-electron chi connectivity index (χ3n) is 4.83. The van der Waals surface area contributed by atoms with Gasteiger partial charge >= 0.3 is 0 Å². The number of aryl methyl sites for hydroxylation is 1. The number of amides is 1. The smallest absolute Gasteiger partial charge is 0.287 e. The lowest BCUT2D eigenvalue weighted by molar-refractivity contribution is 0.0928. The van der Waals surface area contributed by atoms with Gasteiger partial charge in [-0.05, 0) is 31.2 Å². The van der Waals surface area contributed by atoms with Crippen LogP contribution in [-0.2, 0) is 15.8 Å². The summed E-state index contributed by atoms with van der Waals surface area (Å²) in [7, 11) is -3.65. The molecular weight excluding hydrogens is 460 g/mol. The molecule has 0 radical (unpaired) electrons. The Labute approximate surface area is 195 Å². The third kappa shape index (κ3) is 5.59. The first kappa shape index (κ1) is 23.0. The number of hydrogen-bond acceptors (Lipinski definition) is 7. The van der Waals surface area contributed by atoms with Gasteiger partial charge in [-0.15, -0.1) is 0 Å². The van der Waals surface area contributed by atoms with Gasteiger partial charge < -0.3 is 9.73 Å².